The molecule has 24 heavy (non-hydrogen) atoms. The minimum absolute atomic E-state index is 0. The van der Waals surface area contributed by atoms with Gasteiger partial charge in [-0.3, -0.25) is 4.99 Å². The number of nitrogens with one attached hydrogen (secondary N) is 2. The number of aliphatic imine (C=N–C) groups is 1. The van der Waals surface area contributed by atoms with Crippen LogP contribution < -0.4 is 10.6 Å². The SMILES string of the molecule is CCc1nncn1CCNC(=NC)NCCCOCC(F)(F)F.I. The van der Waals surface area contributed by atoms with Crippen LogP contribution in [-0.4, -0.2) is 60.3 Å². The molecule has 0 bridgehead atoms. The Balaban J connectivity index is 0.00000529. The molecule has 1 aromatic heterocycles. The molecule has 0 amide bonds. The van der Waals surface area contributed by atoms with Crippen molar-refractivity contribution in [2.24, 2.45) is 4.99 Å². The zero-order valence-corrected chi connectivity index (χ0v) is 16.1. The van der Waals surface area contributed by atoms with Crippen LogP contribution in [0.25, 0.3) is 0 Å². The van der Waals surface area contributed by atoms with Crippen molar-refractivity contribution in [1.82, 2.24) is 25.4 Å². The van der Waals surface area contributed by atoms with Gasteiger partial charge in [0.2, 0.25) is 0 Å². The van der Waals surface area contributed by atoms with Gasteiger partial charge in [-0.2, -0.15) is 13.2 Å². The number of nitrogens with zero attached hydrogens (tertiary/aromatic N) is 4. The van der Waals surface area contributed by atoms with E-state index in [0.29, 0.717) is 32.0 Å². The van der Waals surface area contributed by atoms with Crippen LogP contribution in [0.1, 0.15) is 19.2 Å². The summed E-state index contributed by atoms with van der Waals surface area (Å²) in [6.45, 7) is 2.66. The zero-order chi connectivity index (χ0) is 17.1. The number of rotatable bonds is 9. The van der Waals surface area contributed by atoms with E-state index in [1.165, 1.54) is 0 Å². The summed E-state index contributed by atoms with van der Waals surface area (Å²) < 4.78 is 42.1. The van der Waals surface area contributed by atoms with Crippen LogP contribution in [0.5, 0.6) is 0 Å². The van der Waals surface area contributed by atoms with Gasteiger partial charge in [-0.05, 0) is 6.42 Å². The largest absolute Gasteiger partial charge is 0.411 e. The van der Waals surface area contributed by atoms with Crippen molar-refractivity contribution in [1.29, 1.82) is 0 Å². The first kappa shape index (κ1) is 22.9. The lowest BCUT2D eigenvalue weighted by molar-refractivity contribution is -0.173. The van der Waals surface area contributed by atoms with Gasteiger partial charge in [0, 0.05) is 39.7 Å². The van der Waals surface area contributed by atoms with E-state index in [1.54, 1.807) is 13.4 Å². The molecule has 0 aliphatic rings. The van der Waals surface area contributed by atoms with Crippen molar-refractivity contribution < 1.29 is 17.9 Å². The predicted molar refractivity (Wildman–Crippen MR) is 95.7 cm³/mol. The Bertz CT molecular complexity index is 481. The molecule has 2 N–H and O–H groups in total. The number of ether oxygens (including phenoxy) is 1. The van der Waals surface area contributed by atoms with E-state index < -0.39 is 12.8 Å². The number of alkyl halides is 3. The van der Waals surface area contributed by atoms with Crippen molar-refractivity contribution in [3.63, 3.8) is 0 Å². The van der Waals surface area contributed by atoms with Crippen molar-refractivity contribution >= 4 is 29.9 Å². The van der Waals surface area contributed by atoms with Gasteiger partial charge in [0.25, 0.3) is 0 Å². The number of halogens is 4. The van der Waals surface area contributed by atoms with Gasteiger partial charge >= 0.3 is 6.18 Å². The Morgan fingerprint density at radius 3 is 2.67 bits per heavy atom. The molecule has 1 rings (SSSR count). The minimum Gasteiger partial charge on any atom is -0.372 e. The Kier molecular flexibility index (Phi) is 11.7. The first-order valence-electron chi connectivity index (χ1n) is 7.42. The molecule has 0 aromatic carbocycles. The smallest absolute Gasteiger partial charge is 0.372 e. The van der Waals surface area contributed by atoms with E-state index in [2.05, 4.69) is 30.6 Å². The first-order valence-corrected chi connectivity index (χ1v) is 7.42. The quantitative estimate of drug-likeness (QED) is 0.251. The zero-order valence-electron chi connectivity index (χ0n) is 13.8. The van der Waals surface area contributed by atoms with Gasteiger partial charge in [0.05, 0.1) is 0 Å². The Labute approximate surface area is 156 Å². The first-order chi connectivity index (χ1) is 11.0. The third-order valence-electron chi connectivity index (χ3n) is 2.90. The van der Waals surface area contributed by atoms with Crippen LogP contribution in [0.3, 0.4) is 0 Å². The fraction of sp³-hybridized carbons (Fsp3) is 0.769. The van der Waals surface area contributed by atoms with Crippen LogP contribution >= 0.6 is 24.0 Å². The molecular formula is C13H24F3IN6O. The fourth-order valence-corrected chi connectivity index (χ4v) is 1.82. The summed E-state index contributed by atoms with van der Waals surface area (Å²) in [5.74, 6) is 1.50. The van der Waals surface area contributed by atoms with Crippen LogP contribution in [0.2, 0.25) is 0 Å². The molecule has 0 aliphatic heterocycles. The highest BCUT2D eigenvalue weighted by Crippen LogP contribution is 2.14. The molecule has 11 heteroatoms. The van der Waals surface area contributed by atoms with Gasteiger partial charge < -0.3 is 19.9 Å². The molecule has 0 spiro atoms. The highest BCUT2D eigenvalue weighted by atomic mass is 127. The summed E-state index contributed by atoms with van der Waals surface area (Å²) in [5, 5.41) is 14.0. The summed E-state index contributed by atoms with van der Waals surface area (Å²) in [7, 11) is 1.63. The number of hydrogen-bond donors (Lipinski definition) is 2. The fourth-order valence-electron chi connectivity index (χ4n) is 1.82. The number of aryl methyl sites for hydroxylation is 1. The molecular weight excluding hydrogens is 440 g/mol. The normalized spacial score (nSPS) is 12.0. The molecule has 140 valence electrons. The molecule has 1 heterocycles. The summed E-state index contributed by atoms with van der Waals surface area (Å²) in [6, 6.07) is 0. The van der Waals surface area contributed by atoms with E-state index in [9.17, 15) is 13.2 Å². The maximum Gasteiger partial charge on any atom is 0.411 e. The van der Waals surface area contributed by atoms with E-state index in [1.807, 2.05) is 11.5 Å². The predicted octanol–water partition coefficient (Wildman–Crippen LogP) is 1.59. The lowest BCUT2D eigenvalue weighted by atomic mass is 10.4. The molecule has 0 aliphatic carbocycles. The van der Waals surface area contributed by atoms with Crippen molar-refractivity contribution in [2.45, 2.75) is 32.5 Å². The molecule has 0 atom stereocenters. The minimum atomic E-state index is -4.27. The van der Waals surface area contributed by atoms with Gasteiger partial charge in [-0.15, -0.1) is 34.2 Å². The number of guanidine groups is 1. The molecule has 0 unspecified atom stereocenters. The monoisotopic (exact) mass is 464 g/mol. The molecule has 0 fully saturated rings. The van der Waals surface area contributed by atoms with Crippen molar-refractivity contribution in [2.75, 3.05) is 33.4 Å². The second-order valence-electron chi connectivity index (χ2n) is 4.74. The van der Waals surface area contributed by atoms with Crippen LogP contribution in [0.4, 0.5) is 13.2 Å². The standard InChI is InChI=1S/C13H23F3N6O.HI/c1-3-11-21-20-10-22(11)7-6-19-12(17-2)18-5-4-8-23-9-13(14,15)16;/h10H,3-9H2,1-2H3,(H2,17,18,19);1H. The van der Waals surface area contributed by atoms with Crippen LogP contribution in [0, 0.1) is 0 Å². The third kappa shape index (κ3) is 9.90. The van der Waals surface area contributed by atoms with Gasteiger partial charge in [0.15, 0.2) is 5.96 Å². The van der Waals surface area contributed by atoms with Crippen LogP contribution in [0.15, 0.2) is 11.3 Å². The molecule has 0 radical (unpaired) electrons. The summed E-state index contributed by atoms with van der Waals surface area (Å²) >= 11 is 0. The van der Waals surface area contributed by atoms with Crippen molar-refractivity contribution in [3.8, 4) is 0 Å². The second kappa shape index (κ2) is 12.3. The Morgan fingerprint density at radius 1 is 1.33 bits per heavy atom. The van der Waals surface area contributed by atoms with Gasteiger partial charge in [-0.25, -0.2) is 0 Å². The Morgan fingerprint density at radius 2 is 2.04 bits per heavy atom. The topological polar surface area (TPSA) is 76.4 Å². The van der Waals surface area contributed by atoms with E-state index >= 15 is 0 Å². The molecule has 1 aromatic rings. The summed E-state index contributed by atoms with van der Waals surface area (Å²) in [5.41, 5.74) is 0. The summed E-state index contributed by atoms with van der Waals surface area (Å²) in [4.78, 5) is 4.04. The van der Waals surface area contributed by atoms with E-state index in [-0.39, 0.29) is 30.6 Å². The second-order valence-corrected chi connectivity index (χ2v) is 4.74. The van der Waals surface area contributed by atoms with Crippen LogP contribution in [-0.2, 0) is 17.7 Å². The maximum absolute atomic E-state index is 11.9. The van der Waals surface area contributed by atoms with Gasteiger partial charge in [-0.1, -0.05) is 6.92 Å². The Hall–Kier alpha value is -1.11. The average molecular weight is 464 g/mol. The lowest BCUT2D eigenvalue weighted by Crippen LogP contribution is -2.39. The maximum atomic E-state index is 11.9. The number of hydrogen-bond acceptors (Lipinski definition) is 4. The highest BCUT2D eigenvalue weighted by molar-refractivity contribution is 14.0. The lowest BCUT2D eigenvalue weighted by Gasteiger charge is -2.13. The third-order valence-corrected chi connectivity index (χ3v) is 2.90. The average Bonchev–Trinajstić information content (AvgIpc) is 2.95. The highest BCUT2D eigenvalue weighted by Gasteiger charge is 2.27. The molecule has 0 saturated heterocycles. The number of aromatic nitrogens is 3. The molecule has 7 nitrogen and oxygen atoms in total. The molecule has 0 saturated carbocycles. The summed E-state index contributed by atoms with van der Waals surface area (Å²) in [6.07, 6.45) is -1.33. The van der Waals surface area contributed by atoms with Crippen molar-refractivity contribution in [3.05, 3.63) is 12.2 Å². The van der Waals surface area contributed by atoms with Gasteiger partial charge in [0.1, 0.15) is 18.8 Å². The van der Waals surface area contributed by atoms with E-state index in [0.717, 1.165) is 12.2 Å². The van der Waals surface area contributed by atoms with E-state index in [4.69, 9.17) is 0 Å².